The molecule has 170 valence electrons. The van der Waals surface area contributed by atoms with Crippen LogP contribution >= 0.6 is 0 Å². The van der Waals surface area contributed by atoms with Crippen molar-refractivity contribution in [3.63, 3.8) is 0 Å². The smallest absolute Gasteiger partial charge is 0.237 e. The van der Waals surface area contributed by atoms with Crippen LogP contribution in [0.4, 0.5) is 0 Å². The van der Waals surface area contributed by atoms with Gasteiger partial charge in [0.05, 0.1) is 18.8 Å². The second-order valence-corrected chi connectivity index (χ2v) is 8.41. The molecule has 4 rings (SSSR count). The van der Waals surface area contributed by atoms with Crippen molar-refractivity contribution in [2.75, 3.05) is 20.2 Å². The number of piperazine rings is 1. The highest BCUT2D eigenvalue weighted by molar-refractivity contribution is 5.83. The first kappa shape index (κ1) is 22.2. The van der Waals surface area contributed by atoms with E-state index in [0.29, 0.717) is 26.1 Å². The Bertz CT molecular complexity index is 906. The fourth-order valence-electron chi connectivity index (χ4n) is 4.47. The van der Waals surface area contributed by atoms with E-state index in [1.807, 2.05) is 42.5 Å². The van der Waals surface area contributed by atoms with Gasteiger partial charge >= 0.3 is 0 Å². The molecule has 32 heavy (non-hydrogen) atoms. The zero-order valence-corrected chi connectivity index (χ0v) is 18.4. The summed E-state index contributed by atoms with van der Waals surface area (Å²) in [5.74, 6) is 0.915. The van der Waals surface area contributed by atoms with Gasteiger partial charge in [-0.1, -0.05) is 18.2 Å². The van der Waals surface area contributed by atoms with E-state index in [-0.39, 0.29) is 29.9 Å². The van der Waals surface area contributed by atoms with Crippen LogP contribution in [0.5, 0.6) is 5.75 Å². The standard InChI is InChI=1S/C24H31N5O3/c1-32-21-8-5-17(6-9-21)13-27-23(30)10-7-20-15-28-24(31)22-12-19(16-29(20)22)26-14-18-4-2-3-11-25-18/h2-6,8-9,11,19-20,22,26H,7,10,12-16H2,1H3,(H,27,30)(H,28,31). The lowest BCUT2D eigenvalue weighted by molar-refractivity contribution is -0.129. The minimum absolute atomic E-state index is 0.0262. The Kier molecular flexibility index (Phi) is 7.34. The van der Waals surface area contributed by atoms with Gasteiger partial charge in [0.2, 0.25) is 11.8 Å². The molecule has 2 aliphatic rings. The van der Waals surface area contributed by atoms with Crippen molar-refractivity contribution >= 4 is 11.8 Å². The molecule has 8 heteroatoms. The summed E-state index contributed by atoms with van der Waals surface area (Å²) in [6.07, 6.45) is 3.72. The molecule has 0 spiro atoms. The van der Waals surface area contributed by atoms with Crippen LogP contribution in [0.2, 0.25) is 0 Å². The number of pyridine rings is 1. The van der Waals surface area contributed by atoms with Gasteiger partial charge in [0.25, 0.3) is 0 Å². The van der Waals surface area contributed by atoms with Crippen LogP contribution in [0.3, 0.4) is 0 Å². The number of amides is 2. The first-order chi connectivity index (χ1) is 15.6. The number of ether oxygens (including phenoxy) is 1. The molecule has 2 aromatic rings. The molecule has 0 saturated carbocycles. The van der Waals surface area contributed by atoms with Crippen LogP contribution in [0.25, 0.3) is 0 Å². The van der Waals surface area contributed by atoms with Gasteiger partial charge in [-0.05, 0) is 42.7 Å². The number of hydrogen-bond donors (Lipinski definition) is 3. The van der Waals surface area contributed by atoms with E-state index in [4.69, 9.17) is 4.74 Å². The van der Waals surface area contributed by atoms with Crippen LogP contribution in [0.15, 0.2) is 48.7 Å². The molecule has 2 amide bonds. The van der Waals surface area contributed by atoms with Gasteiger partial charge in [-0.25, -0.2) is 0 Å². The molecule has 8 nitrogen and oxygen atoms in total. The summed E-state index contributed by atoms with van der Waals surface area (Å²) in [7, 11) is 1.63. The molecule has 0 bridgehead atoms. The van der Waals surface area contributed by atoms with E-state index in [1.54, 1.807) is 13.3 Å². The lowest BCUT2D eigenvalue weighted by atomic mass is 10.0. The zero-order chi connectivity index (χ0) is 22.3. The number of hydrogen-bond acceptors (Lipinski definition) is 6. The third-order valence-corrected chi connectivity index (χ3v) is 6.27. The van der Waals surface area contributed by atoms with Gasteiger partial charge in [-0.3, -0.25) is 19.5 Å². The molecule has 0 aliphatic carbocycles. The molecule has 2 saturated heterocycles. The number of fused-ring (bicyclic) bond motifs is 1. The van der Waals surface area contributed by atoms with Crippen molar-refractivity contribution in [1.82, 2.24) is 25.8 Å². The maximum Gasteiger partial charge on any atom is 0.237 e. The largest absolute Gasteiger partial charge is 0.497 e. The quantitative estimate of drug-likeness (QED) is 0.546. The van der Waals surface area contributed by atoms with E-state index >= 15 is 0 Å². The Labute approximate surface area is 188 Å². The Morgan fingerprint density at radius 2 is 2.06 bits per heavy atom. The minimum Gasteiger partial charge on any atom is -0.497 e. The number of benzene rings is 1. The van der Waals surface area contributed by atoms with Gasteiger partial charge in [0.1, 0.15) is 5.75 Å². The second-order valence-electron chi connectivity index (χ2n) is 8.41. The van der Waals surface area contributed by atoms with E-state index in [2.05, 4.69) is 25.8 Å². The first-order valence-electron chi connectivity index (χ1n) is 11.2. The van der Waals surface area contributed by atoms with Crippen LogP contribution in [-0.2, 0) is 22.7 Å². The summed E-state index contributed by atoms with van der Waals surface area (Å²) in [5.41, 5.74) is 2.03. The van der Waals surface area contributed by atoms with E-state index in [9.17, 15) is 9.59 Å². The minimum atomic E-state index is -0.127. The molecule has 3 atom stereocenters. The van der Waals surface area contributed by atoms with E-state index < -0.39 is 0 Å². The fraction of sp³-hybridized carbons (Fsp3) is 0.458. The molecule has 1 aromatic heterocycles. The van der Waals surface area contributed by atoms with Crippen molar-refractivity contribution in [3.05, 3.63) is 59.9 Å². The summed E-state index contributed by atoms with van der Waals surface area (Å²) in [6.45, 7) is 2.58. The molecule has 3 unspecified atom stereocenters. The fourth-order valence-corrected chi connectivity index (χ4v) is 4.47. The monoisotopic (exact) mass is 437 g/mol. The summed E-state index contributed by atoms with van der Waals surface area (Å²) in [4.78, 5) is 31.4. The maximum absolute atomic E-state index is 12.4. The zero-order valence-electron chi connectivity index (χ0n) is 18.4. The number of nitrogens with one attached hydrogen (secondary N) is 3. The molecular formula is C24H31N5O3. The molecule has 2 fully saturated rings. The van der Waals surface area contributed by atoms with Gasteiger partial charge in [0.15, 0.2) is 0 Å². The average Bonchev–Trinajstić information content (AvgIpc) is 3.27. The van der Waals surface area contributed by atoms with Gasteiger partial charge in [-0.2, -0.15) is 0 Å². The number of methoxy groups -OCH3 is 1. The van der Waals surface area contributed by atoms with Gasteiger partial charge in [0, 0.05) is 50.9 Å². The van der Waals surface area contributed by atoms with Crippen LogP contribution in [0.1, 0.15) is 30.5 Å². The molecule has 3 heterocycles. The van der Waals surface area contributed by atoms with E-state index in [0.717, 1.165) is 36.4 Å². The predicted molar refractivity (Wildman–Crippen MR) is 121 cm³/mol. The summed E-state index contributed by atoms with van der Waals surface area (Å²) in [5, 5.41) is 9.55. The molecule has 2 aliphatic heterocycles. The number of carbonyl (C=O) groups is 2. The number of rotatable bonds is 9. The second kappa shape index (κ2) is 10.6. The van der Waals surface area contributed by atoms with Crippen LogP contribution < -0.4 is 20.7 Å². The molecular weight excluding hydrogens is 406 g/mol. The Morgan fingerprint density at radius 3 is 2.81 bits per heavy atom. The lowest BCUT2D eigenvalue weighted by Crippen LogP contribution is -2.58. The normalized spacial score (nSPS) is 22.8. The van der Waals surface area contributed by atoms with E-state index in [1.165, 1.54) is 0 Å². The van der Waals surface area contributed by atoms with Gasteiger partial charge < -0.3 is 20.7 Å². The van der Waals surface area contributed by atoms with Crippen molar-refractivity contribution in [2.45, 2.75) is 50.5 Å². The van der Waals surface area contributed by atoms with Crippen molar-refractivity contribution < 1.29 is 14.3 Å². The Balaban J connectivity index is 1.24. The highest BCUT2D eigenvalue weighted by Crippen LogP contribution is 2.26. The highest BCUT2D eigenvalue weighted by atomic mass is 16.5. The topological polar surface area (TPSA) is 95.6 Å². The van der Waals surface area contributed by atoms with Crippen molar-refractivity contribution in [1.29, 1.82) is 0 Å². The number of carbonyl (C=O) groups excluding carboxylic acids is 2. The average molecular weight is 438 g/mol. The third kappa shape index (κ3) is 5.63. The molecule has 0 radical (unpaired) electrons. The number of nitrogens with zero attached hydrogens (tertiary/aromatic N) is 2. The Hall–Kier alpha value is -2.97. The van der Waals surface area contributed by atoms with Crippen LogP contribution in [-0.4, -0.2) is 60.0 Å². The summed E-state index contributed by atoms with van der Waals surface area (Å²) in [6, 6.07) is 13.8. The van der Waals surface area contributed by atoms with Crippen molar-refractivity contribution in [2.24, 2.45) is 0 Å². The lowest BCUT2D eigenvalue weighted by Gasteiger charge is -2.37. The maximum atomic E-state index is 12.4. The molecule has 3 N–H and O–H groups in total. The Morgan fingerprint density at radius 1 is 1.22 bits per heavy atom. The SMILES string of the molecule is COc1ccc(CNC(=O)CCC2CNC(=O)C3CC(NCc4ccccn4)CN23)cc1. The third-order valence-electron chi connectivity index (χ3n) is 6.27. The van der Waals surface area contributed by atoms with Gasteiger partial charge in [-0.15, -0.1) is 0 Å². The number of aromatic nitrogens is 1. The van der Waals surface area contributed by atoms with Crippen molar-refractivity contribution in [3.8, 4) is 5.75 Å². The molecule has 1 aromatic carbocycles. The van der Waals surface area contributed by atoms with Crippen LogP contribution in [0, 0.1) is 0 Å². The predicted octanol–water partition coefficient (Wildman–Crippen LogP) is 1.22. The summed E-state index contributed by atoms with van der Waals surface area (Å²) < 4.78 is 5.16. The first-order valence-corrected chi connectivity index (χ1v) is 11.2. The summed E-state index contributed by atoms with van der Waals surface area (Å²) >= 11 is 0. The highest BCUT2D eigenvalue weighted by Gasteiger charge is 2.43.